The van der Waals surface area contributed by atoms with E-state index in [4.69, 9.17) is 30.8 Å². The lowest BCUT2D eigenvalue weighted by molar-refractivity contribution is -0.120. The van der Waals surface area contributed by atoms with Gasteiger partial charge in [-0.25, -0.2) is 4.98 Å². The quantitative estimate of drug-likeness (QED) is 0.444. The van der Waals surface area contributed by atoms with Crippen LogP contribution in [-0.4, -0.2) is 68.9 Å². The number of halogens is 1. The van der Waals surface area contributed by atoms with Crippen molar-refractivity contribution in [1.29, 1.82) is 0 Å². The summed E-state index contributed by atoms with van der Waals surface area (Å²) in [6, 6.07) is 11.1. The van der Waals surface area contributed by atoms with Crippen LogP contribution in [0.5, 0.6) is 11.5 Å². The smallest absolute Gasteiger partial charge is 0.266 e. The van der Waals surface area contributed by atoms with Gasteiger partial charge >= 0.3 is 0 Å². The number of anilines is 1. The molecule has 7 nitrogen and oxygen atoms in total. The van der Waals surface area contributed by atoms with Gasteiger partial charge in [-0.05, 0) is 43.2 Å². The first-order valence-electron chi connectivity index (χ1n) is 11.0. The predicted molar refractivity (Wildman–Crippen MR) is 132 cm³/mol. The number of hydrogen-bond acceptors (Lipinski definition) is 7. The molecule has 1 aromatic heterocycles. The Labute approximate surface area is 202 Å². The van der Waals surface area contributed by atoms with E-state index >= 15 is 0 Å². The zero-order chi connectivity index (χ0) is 23.2. The summed E-state index contributed by atoms with van der Waals surface area (Å²) in [6.07, 6.45) is 0.829. The average molecular weight is 490 g/mol. The van der Waals surface area contributed by atoms with Gasteiger partial charge in [-0.15, -0.1) is 0 Å². The van der Waals surface area contributed by atoms with Gasteiger partial charge in [-0.3, -0.25) is 14.6 Å². The van der Waals surface area contributed by atoms with Gasteiger partial charge in [-0.1, -0.05) is 35.1 Å². The van der Waals surface area contributed by atoms with Crippen molar-refractivity contribution in [2.45, 2.75) is 13.3 Å². The molecule has 176 valence electrons. The van der Waals surface area contributed by atoms with Gasteiger partial charge in [0.15, 0.2) is 23.2 Å². The fourth-order valence-electron chi connectivity index (χ4n) is 3.76. The highest BCUT2D eigenvalue weighted by atomic mass is 35.5. The fraction of sp³-hybridized carbons (Fsp3) is 0.417. The van der Waals surface area contributed by atoms with Crippen LogP contribution in [0.3, 0.4) is 0 Å². The molecular formula is C24H28ClN3O4S. The lowest BCUT2D eigenvalue weighted by Crippen LogP contribution is -2.40. The Balaban J connectivity index is 1.51. The molecule has 0 aliphatic carbocycles. The van der Waals surface area contributed by atoms with Gasteiger partial charge in [0.25, 0.3) is 5.91 Å². The van der Waals surface area contributed by atoms with Gasteiger partial charge < -0.3 is 14.2 Å². The van der Waals surface area contributed by atoms with Gasteiger partial charge in [0.1, 0.15) is 0 Å². The van der Waals surface area contributed by atoms with E-state index in [2.05, 4.69) is 4.90 Å². The molecule has 33 heavy (non-hydrogen) atoms. The summed E-state index contributed by atoms with van der Waals surface area (Å²) in [6.45, 7) is 6.65. The molecule has 0 N–H and O–H groups in total. The number of morpholine rings is 1. The summed E-state index contributed by atoms with van der Waals surface area (Å²) in [4.78, 5) is 22.2. The second-order valence-corrected chi connectivity index (χ2v) is 9.22. The molecule has 0 saturated carbocycles. The zero-order valence-electron chi connectivity index (χ0n) is 18.9. The van der Waals surface area contributed by atoms with Crippen LogP contribution in [0, 0.1) is 6.92 Å². The molecule has 9 heteroatoms. The maximum absolute atomic E-state index is 13.3. The third kappa shape index (κ3) is 5.76. The number of para-hydroxylation sites is 2. The van der Waals surface area contributed by atoms with Gasteiger partial charge in [0, 0.05) is 31.2 Å². The molecule has 0 unspecified atom stereocenters. The largest absolute Gasteiger partial charge is 0.493 e. The average Bonchev–Trinajstić information content (AvgIpc) is 3.28. The second kappa shape index (κ2) is 11.2. The van der Waals surface area contributed by atoms with Crippen molar-refractivity contribution in [3.8, 4) is 11.5 Å². The number of amides is 1. The van der Waals surface area contributed by atoms with Crippen molar-refractivity contribution in [3.63, 3.8) is 0 Å². The number of thiazole rings is 1. The van der Waals surface area contributed by atoms with Crippen molar-refractivity contribution >= 4 is 44.2 Å². The third-order valence-corrected chi connectivity index (χ3v) is 7.10. The molecule has 1 aliphatic rings. The number of hydrogen-bond donors (Lipinski definition) is 0. The predicted octanol–water partition coefficient (Wildman–Crippen LogP) is 4.40. The highest BCUT2D eigenvalue weighted by Crippen LogP contribution is 2.34. The van der Waals surface area contributed by atoms with Crippen LogP contribution in [0.15, 0.2) is 36.4 Å². The number of ether oxygens (including phenoxy) is 3. The molecule has 1 saturated heterocycles. The minimum absolute atomic E-state index is 0.104. The van der Waals surface area contributed by atoms with E-state index in [1.807, 2.05) is 31.2 Å². The van der Waals surface area contributed by atoms with E-state index in [0.29, 0.717) is 28.2 Å². The molecule has 2 heterocycles. The van der Waals surface area contributed by atoms with Crippen molar-refractivity contribution in [2.75, 3.05) is 58.0 Å². The number of carbonyl (C=O) groups is 1. The van der Waals surface area contributed by atoms with E-state index in [9.17, 15) is 4.79 Å². The van der Waals surface area contributed by atoms with Crippen molar-refractivity contribution < 1.29 is 19.0 Å². The number of aryl methyl sites for hydroxylation is 1. The first kappa shape index (κ1) is 23.8. The zero-order valence-corrected chi connectivity index (χ0v) is 20.5. The fourth-order valence-corrected chi connectivity index (χ4v) is 4.98. The Bertz CT molecular complexity index is 1100. The first-order chi connectivity index (χ1) is 16.1. The first-order valence-corrected chi connectivity index (χ1v) is 12.2. The standard InChI is InChI=1S/C24H28ClN3O4S/c1-17-18(25)8-9-21-23(17)26-24(33-21)28(11-5-10-27-12-14-31-15-13-27)22(29)16-32-20-7-4-3-6-19(20)30-2/h3-4,6-9H,5,10-16H2,1-2H3. The van der Waals surface area contributed by atoms with Crippen LogP contribution in [0.1, 0.15) is 12.0 Å². The highest BCUT2D eigenvalue weighted by Gasteiger charge is 2.22. The van der Waals surface area contributed by atoms with E-state index in [0.717, 1.165) is 55.0 Å². The Hall–Kier alpha value is -2.39. The number of aromatic nitrogens is 1. The van der Waals surface area contributed by atoms with E-state index in [1.54, 1.807) is 24.1 Å². The van der Waals surface area contributed by atoms with Gasteiger partial charge in [0.05, 0.1) is 30.5 Å². The summed E-state index contributed by atoms with van der Waals surface area (Å²) in [5.41, 5.74) is 1.75. The van der Waals surface area contributed by atoms with Crippen LogP contribution in [0.2, 0.25) is 5.02 Å². The minimum atomic E-state index is -0.148. The van der Waals surface area contributed by atoms with E-state index in [-0.39, 0.29) is 12.5 Å². The Morgan fingerprint density at radius 1 is 1.21 bits per heavy atom. The Morgan fingerprint density at radius 2 is 1.97 bits per heavy atom. The van der Waals surface area contributed by atoms with E-state index in [1.165, 1.54) is 11.3 Å². The number of fused-ring (bicyclic) bond motifs is 1. The molecule has 3 aromatic rings. The monoisotopic (exact) mass is 489 g/mol. The molecule has 4 rings (SSSR count). The molecular weight excluding hydrogens is 462 g/mol. The van der Waals surface area contributed by atoms with E-state index < -0.39 is 0 Å². The van der Waals surface area contributed by atoms with Crippen molar-refractivity contribution in [2.24, 2.45) is 0 Å². The summed E-state index contributed by atoms with van der Waals surface area (Å²) >= 11 is 7.78. The molecule has 2 aromatic carbocycles. The normalized spacial score (nSPS) is 14.4. The number of methoxy groups -OCH3 is 1. The maximum atomic E-state index is 13.3. The van der Waals surface area contributed by atoms with Crippen LogP contribution in [0.25, 0.3) is 10.2 Å². The van der Waals surface area contributed by atoms with Crippen LogP contribution in [0.4, 0.5) is 5.13 Å². The summed E-state index contributed by atoms with van der Waals surface area (Å²) in [7, 11) is 1.58. The molecule has 1 amide bonds. The topological polar surface area (TPSA) is 64.1 Å². The summed E-state index contributed by atoms with van der Waals surface area (Å²) < 4.78 is 17.6. The molecule has 0 spiro atoms. The lowest BCUT2D eigenvalue weighted by atomic mass is 10.2. The number of nitrogens with zero attached hydrogens (tertiary/aromatic N) is 3. The molecule has 1 fully saturated rings. The Kier molecular flexibility index (Phi) is 8.03. The SMILES string of the molecule is COc1ccccc1OCC(=O)N(CCCN1CCOCC1)c1nc2c(C)c(Cl)ccc2s1. The molecule has 0 bridgehead atoms. The van der Waals surface area contributed by atoms with Crippen LogP contribution < -0.4 is 14.4 Å². The molecule has 0 atom stereocenters. The number of benzene rings is 2. The van der Waals surface area contributed by atoms with Crippen molar-refractivity contribution in [3.05, 3.63) is 47.0 Å². The third-order valence-electron chi connectivity index (χ3n) is 5.65. The maximum Gasteiger partial charge on any atom is 0.266 e. The lowest BCUT2D eigenvalue weighted by Gasteiger charge is -2.27. The second-order valence-electron chi connectivity index (χ2n) is 7.81. The molecule has 0 radical (unpaired) electrons. The summed E-state index contributed by atoms with van der Waals surface area (Å²) in [5, 5.41) is 1.33. The highest BCUT2D eigenvalue weighted by molar-refractivity contribution is 7.22. The Morgan fingerprint density at radius 3 is 2.73 bits per heavy atom. The number of carbonyl (C=O) groups excluding carboxylic acids is 1. The van der Waals surface area contributed by atoms with Gasteiger partial charge in [-0.2, -0.15) is 0 Å². The van der Waals surface area contributed by atoms with Gasteiger partial charge in [0.2, 0.25) is 0 Å². The minimum Gasteiger partial charge on any atom is -0.493 e. The van der Waals surface area contributed by atoms with Crippen LogP contribution >= 0.6 is 22.9 Å². The summed E-state index contributed by atoms with van der Waals surface area (Å²) in [5.74, 6) is 0.980. The van der Waals surface area contributed by atoms with Crippen molar-refractivity contribution in [1.82, 2.24) is 9.88 Å². The number of rotatable bonds is 9. The van der Waals surface area contributed by atoms with Crippen LogP contribution in [-0.2, 0) is 9.53 Å². The molecule has 1 aliphatic heterocycles.